The van der Waals surface area contributed by atoms with Crippen LogP contribution in [0.3, 0.4) is 0 Å². The Balaban J connectivity index is 0.000000281. The molecule has 534 valence electrons. The predicted molar refractivity (Wildman–Crippen MR) is 330 cm³/mol. The highest BCUT2D eigenvalue weighted by Crippen LogP contribution is 2.53. The van der Waals surface area contributed by atoms with Crippen LogP contribution in [0.15, 0.2) is 197 Å². The van der Waals surface area contributed by atoms with Crippen LogP contribution in [-0.2, 0) is 101 Å². The largest absolute Gasteiger partial charge is 0.505 e. The van der Waals surface area contributed by atoms with Crippen LogP contribution < -0.4 is 0 Å². The first-order valence-electron chi connectivity index (χ1n) is 24.8. The Morgan fingerprint density at radius 1 is 0.260 bits per heavy atom. The highest BCUT2D eigenvalue weighted by molar-refractivity contribution is 7.88. The van der Waals surface area contributed by atoms with Crippen molar-refractivity contribution in [3.05, 3.63) is 103 Å². The summed E-state index contributed by atoms with van der Waals surface area (Å²) < 4.78 is 336. The van der Waals surface area contributed by atoms with Crippen molar-refractivity contribution in [2.24, 2.45) is 51.1 Å². The van der Waals surface area contributed by atoms with E-state index >= 15 is 0 Å². The Hall–Kier alpha value is -9.42. The van der Waals surface area contributed by atoms with E-state index in [1.54, 1.807) is 0 Å². The Kier molecular flexibility index (Phi) is 21.2. The Bertz CT molecular complexity index is 6270. The van der Waals surface area contributed by atoms with Gasteiger partial charge in [-0.05, 0) is 114 Å². The number of fused-ring (bicyclic) bond motifs is 2. The molecule has 0 spiro atoms. The summed E-state index contributed by atoms with van der Waals surface area (Å²) in [6, 6.07) is 10.4. The maximum Gasteiger partial charge on any atom is 0.296 e. The fourth-order valence-corrected chi connectivity index (χ4v) is 14.5. The first-order valence-corrected chi connectivity index (χ1v) is 39.2. The average molecular weight is 1590 g/mol. The van der Waals surface area contributed by atoms with Crippen LogP contribution in [0.5, 0.6) is 23.0 Å². The summed E-state index contributed by atoms with van der Waals surface area (Å²) in [6.45, 7) is 1.44. The third kappa shape index (κ3) is 17.4. The van der Waals surface area contributed by atoms with Crippen LogP contribution in [0, 0.1) is 6.92 Å². The minimum absolute atomic E-state index is 0.106. The molecule has 0 aromatic heterocycles. The standard InChI is InChI=1S/C23H18N6O17S5.C23H18N4O17S5/c1-24-25-11-2-4-13(16(8-11)49(38,39)40)26-28-20-17(50(41,42)43)6-10-7-18(51(44,45)46)21(23(31)19(10)22(20)30)29-27-14-9-12(47(32,33)34)3-5-15(14)48(35,36)37;1-10-2-4-13(16(6-10)47(36,37)38)24-26-20-17(48(39,40)41)7-11-8-18(49(42,43)44)21(23(29)19(11)22(20)28)27-25-14-9-12(45(30,31)32)3-5-15(14)46(33,34)35/h2-9,30-31H,1H3,(H,32,33,34)(H,35,36,37)(H,38,39,40)(H,41,42,43)(H,44,45,46);2-9,28-29H,1H3,(H,30,31,32)(H,33,34,35)(H,36,37,38)(H,39,40,41)(H,42,43,44). The van der Waals surface area contributed by atoms with Crippen molar-refractivity contribution in [2.45, 2.75) is 55.9 Å². The number of rotatable bonds is 19. The van der Waals surface area contributed by atoms with E-state index in [-0.39, 0.29) is 5.69 Å². The van der Waals surface area contributed by atoms with Gasteiger partial charge in [0.05, 0.1) is 26.3 Å². The summed E-state index contributed by atoms with van der Waals surface area (Å²) in [6.07, 6.45) is 0. The third-order valence-corrected chi connectivity index (χ3v) is 21.2. The number of aryl methyl sites for hydroxylation is 1. The number of phenolic OH excluding ortho intramolecular Hbond substituents is 4. The molecule has 0 saturated heterocycles. The lowest BCUT2D eigenvalue weighted by Crippen LogP contribution is -2.02. The number of phenols is 4. The molecule has 0 atom stereocenters. The van der Waals surface area contributed by atoms with E-state index < -0.39 is 240 Å². The highest BCUT2D eigenvalue weighted by atomic mass is 32.3. The molecule has 0 aliphatic rings. The lowest BCUT2D eigenvalue weighted by Gasteiger charge is -2.13. The molecule has 0 saturated carbocycles. The van der Waals surface area contributed by atoms with Gasteiger partial charge in [0.15, 0.2) is 23.0 Å². The first-order chi connectivity index (χ1) is 45.5. The molecule has 0 bridgehead atoms. The van der Waals surface area contributed by atoms with Gasteiger partial charge in [0.1, 0.15) is 84.7 Å². The summed E-state index contributed by atoms with van der Waals surface area (Å²) >= 11 is 0. The molecule has 0 unspecified atom stereocenters. The molecule has 0 amide bonds. The predicted octanol–water partition coefficient (Wildman–Crippen LogP) is 7.65. The summed E-state index contributed by atoms with van der Waals surface area (Å²) in [4.78, 5) is -11.5. The summed E-state index contributed by atoms with van der Waals surface area (Å²) in [5.74, 6) is -5.78. The number of aromatic hydroxyl groups is 4. The molecule has 8 rings (SSSR count). The van der Waals surface area contributed by atoms with Crippen LogP contribution in [0.4, 0.5) is 51.2 Å². The molecule has 14 N–H and O–H groups in total. The topological polar surface area (TPSA) is 748 Å². The Labute approximate surface area is 560 Å². The monoisotopic (exact) mass is 1590 g/mol. The first kappa shape index (κ1) is 77.9. The molecule has 8 aromatic carbocycles. The van der Waals surface area contributed by atoms with E-state index in [0.29, 0.717) is 66.2 Å². The second kappa shape index (κ2) is 27.3. The molecule has 0 heterocycles. The number of benzene rings is 8. The highest BCUT2D eigenvalue weighted by Gasteiger charge is 2.33. The zero-order valence-electron chi connectivity index (χ0n) is 48.2. The van der Waals surface area contributed by atoms with Gasteiger partial charge < -0.3 is 20.4 Å². The normalized spacial score (nSPS) is 13.6. The van der Waals surface area contributed by atoms with Gasteiger partial charge in [-0.2, -0.15) is 94.4 Å². The van der Waals surface area contributed by atoms with Crippen LogP contribution in [0.1, 0.15) is 5.56 Å². The fraction of sp³-hybridized carbons (Fsp3) is 0.0435. The van der Waals surface area contributed by atoms with Crippen molar-refractivity contribution < 1.29 is 150 Å². The van der Waals surface area contributed by atoms with E-state index in [1.165, 1.54) is 20.0 Å². The molecule has 54 heteroatoms. The molecule has 0 aliphatic carbocycles. The van der Waals surface area contributed by atoms with Crippen LogP contribution in [-0.4, -0.2) is 157 Å². The fourth-order valence-electron chi connectivity index (χ4n) is 8.30. The van der Waals surface area contributed by atoms with Crippen molar-refractivity contribution in [2.75, 3.05) is 7.05 Å². The second-order valence-corrected chi connectivity index (χ2v) is 33.2. The van der Waals surface area contributed by atoms with Gasteiger partial charge in [0.2, 0.25) is 0 Å². The lowest BCUT2D eigenvalue weighted by molar-refractivity contribution is 0.458. The van der Waals surface area contributed by atoms with Crippen molar-refractivity contribution in [3.8, 4) is 23.0 Å². The zero-order valence-corrected chi connectivity index (χ0v) is 56.4. The van der Waals surface area contributed by atoms with E-state index in [2.05, 4.69) is 51.1 Å². The lowest BCUT2D eigenvalue weighted by atomic mass is 10.1. The molecule has 0 fully saturated rings. The minimum Gasteiger partial charge on any atom is -0.505 e. The Morgan fingerprint density at radius 2 is 0.530 bits per heavy atom. The number of azo groups is 5. The van der Waals surface area contributed by atoms with Gasteiger partial charge in [-0.25, -0.2) is 0 Å². The van der Waals surface area contributed by atoms with Gasteiger partial charge in [-0.15, -0.1) is 40.9 Å². The van der Waals surface area contributed by atoms with Gasteiger partial charge >= 0.3 is 0 Å². The number of hydrogen-bond donors (Lipinski definition) is 14. The van der Waals surface area contributed by atoms with E-state index in [0.717, 1.165) is 30.3 Å². The maximum absolute atomic E-state index is 12.3. The summed E-state index contributed by atoms with van der Waals surface area (Å²) in [5, 5.41) is 75.1. The zero-order chi connectivity index (χ0) is 75.6. The van der Waals surface area contributed by atoms with Gasteiger partial charge in [-0.1, -0.05) is 6.07 Å². The SMILES string of the molecule is CN=Nc1ccc(N=Nc2c(S(=O)(=O)O)cc3cc(S(=O)(=O)O)c(N=Nc4cc(S(=O)(=O)O)ccc4S(=O)(=O)O)c(O)c3c2O)c(S(=O)(=O)O)c1.Cc1ccc(N=Nc2c(S(=O)(=O)O)cc3cc(S(=O)(=O)O)c(N=Nc4cc(S(=O)(=O)O)ccc4S(=O)(=O)O)c(O)c3c2O)c(S(=O)(=O)O)c1. The van der Waals surface area contributed by atoms with Crippen molar-refractivity contribution in [1.82, 2.24) is 0 Å². The summed E-state index contributed by atoms with van der Waals surface area (Å²) in [7, 11) is -51.2. The molecular weight excluding hydrogens is 1560 g/mol. The maximum atomic E-state index is 12.3. The average Bonchev–Trinajstić information content (AvgIpc) is 0.744. The van der Waals surface area contributed by atoms with Gasteiger partial charge in [-0.3, -0.25) is 45.5 Å². The van der Waals surface area contributed by atoms with Crippen molar-refractivity contribution in [3.63, 3.8) is 0 Å². The molecule has 100 heavy (non-hydrogen) atoms. The quantitative estimate of drug-likeness (QED) is 0.0273. The molecule has 8 aromatic rings. The second-order valence-electron chi connectivity index (χ2n) is 19.2. The van der Waals surface area contributed by atoms with E-state index in [1.807, 2.05) is 0 Å². The third-order valence-electron chi connectivity index (χ3n) is 12.5. The van der Waals surface area contributed by atoms with Crippen LogP contribution in [0.25, 0.3) is 21.5 Å². The molecule has 0 radical (unpaired) electrons. The van der Waals surface area contributed by atoms with Crippen molar-refractivity contribution >= 4 is 174 Å². The summed E-state index contributed by atoms with van der Waals surface area (Å²) in [5.41, 5.74) is -8.37. The van der Waals surface area contributed by atoms with Crippen LogP contribution >= 0.6 is 0 Å². The van der Waals surface area contributed by atoms with Gasteiger partial charge in [0, 0.05) is 7.05 Å². The molecule has 0 aliphatic heterocycles. The smallest absolute Gasteiger partial charge is 0.296 e. The van der Waals surface area contributed by atoms with Crippen LogP contribution in [0.2, 0.25) is 0 Å². The number of hydrogen-bond acceptors (Lipinski definition) is 34. The molecule has 44 nitrogen and oxygen atoms in total. The van der Waals surface area contributed by atoms with Gasteiger partial charge in [0.25, 0.3) is 101 Å². The van der Waals surface area contributed by atoms with E-state index in [4.69, 9.17) is 0 Å². The van der Waals surface area contributed by atoms with Crippen molar-refractivity contribution in [1.29, 1.82) is 0 Å². The minimum atomic E-state index is -5.51. The molecular formula is C46H36N10O34S10. The van der Waals surface area contributed by atoms with E-state index in [9.17, 15) is 150 Å². The number of nitrogens with zero attached hydrogens (tertiary/aromatic N) is 10. The Morgan fingerprint density at radius 3 is 0.800 bits per heavy atom.